The second-order valence-electron chi connectivity index (χ2n) is 5.50. The zero-order valence-corrected chi connectivity index (χ0v) is 10.6. The van der Waals surface area contributed by atoms with Crippen LogP contribution in [0.1, 0.15) is 25.8 Å². The molecule has 0 saturated carbocycles. The van der Waals surface area contributed by atoms with Gasteiger partial charge in [0, 0.05) is 6.54 Å². The highest BCUT2D eigenvalue weighted by Gasteiger charge is 2.43. The van der Waals surface area contributed by atoms with Gasteiger partial charge >= 0.3 is 0 Å². The zero-order valence-electron chi connectivity index (χ0n) is 10.6. The van der Waals surface area contributed by atoms with Gasteiger partial charge in [-0.25, -0.2) is 0 Å². The van der Waals surface area contributed by atoms with E-state index in [2.05, 4.69) is 31.3 Å². The summed E-state index contributed by atoms with van der Waals surface area (Å²) in [7, 11) is 0. The Morgan fingerprint density at radius 2 is 2.00 bits per heavy atom. The molecule has 1 heterocycles. The third kappa shape index (κ3) is 3.06. The van der Waals surface area contributed by atoms with E-state index in [0.717, 1.165) is 13.0 Å². The molecular weight excluding hydrogens is 214 g/mol. The fourth-order valence-electron chi connectivity index (χ4n) is 2.41. The lowest BCUT2D eigenvalue weighted by Crippen LogP contribution is -2.49. The van der Waals surface area contributed by atoms with Crippen molar-refractivity contribution in [1.82, 2.24) is 5.32 Å². The minimum Gasteiger partial charge on any atom is -0.394 e. The maximum Gasteiger partial charge on any atom is 0.0681 e. The van der Waals surface area contributed by atoms with Gasteiger partial charge in [-0.15, -0.1) is 0 Å². The summed E-state index contributed by atoms with van der Waals surface area (Å²) in [4.78, 5) is 0. The molecule has 1 aromatic carbocycles. The van der Waals surface area contributed by atoms with Crippen LogP contribution in [-0.2, 0) is 11.3 Å². The van der Waals surface area contributed by atoms with Gasteiger partial charge in [0.05, 0.1) is 24.4 Å². The van der Waals surface area contributed by atoms with Crippen molar-refractivity contribution >= 4 is 0 Å². The van der Waals surface area contributed by atoms with Crippen LogP contribution in [0.15, 0.2) is 30.3 Å². The second kappa shape index (κ2) is 4.77. The van der Waals surface area contributed by atoms with Crippen molar-refractivity contribution < 1.29 is 9.84 Å². The van der Waals surface area contributed by atoms with Gasteiger partial charge in [-0.2, -0.15) is 0 Å². The summed E-state index contributed by atoms with van der Waals surface area (Å²) >= 11 is 0. The Balaban J connectivity index is 1.97. The first kappa shape index (κ1) is 12.6. The van der Waals surface area contributed by atoms with Crippen molar-refractivity contribution in [3.05, 3.63) is 35.9 Å². The first-order chi connectivity index (χ1) is 8.05. The van der Waals surface area contributed by atoms with Crippen LogP contribution in [0.2, 0.25) is 0 Å². The van der Waals surface area contributed by atoms with Gasteiger partial charge in [0.1, 0.15) is 0 Å². The lowest BCUT2D eigenvalue weighted by Gasteiger charge is -2.28. The highest BCUT2D eigenvalue weighted by Crippen LogP contribution is 2.32. The third-order valence-electron chi connectivity index (χ3n) is 3.32. The van der Waals surface area contributed by atoms with E-state index >= 15 is 0 Å². The highest BCUT2D eigenvalue weighted by molar-refractivity contribution is 5.15. The number of hydrogen-bond acceptors (Lipinski definition) is 3. The van der Waals surface area contributed by atoms with Gasteiger partial charge in [0.15, 0.2) is 0 Å². The molecule has 1 unspecified atom stereocenters. The molecular formula is C14H21NO2. The molecule has 0 radical (unpaired) electrons. The van der Waals surface area contributed by atoms with E-state index < -0.39 is 0 Å². The quantitative estimate of drug-likeness (QED) is 0.834. The normalized spacial score (nSPS) is 27.2. The maximum atomic E-state index is 9.58. The fourth-order valence-corrected chi connectivity index (χ4v) is 2.41. The van der Waals surface area contributed by atoms with E-state index in [-0.39, 0.29) is 17.7 Å². The Hall–Kier alpha value is -0.900. The maximum absolute atomic E-state index is 9.58. The number of ether oxygens (including phenoxy) is 1. The average Bonchev–Trinajstić information content (AvgIpc) is 2.65. The molecule has 0 aliphatic carbocycles. The van der Waals surface area contributed by atoms with E-state index in [1.54, 1.807) is 0 Å². The molecule has 17 heavy (non-hydrogen) atoms. The predicted octanol–water partition coefficient (Wildman–Crippen LogP) is 1.71. The van der Waals surface area contributed by atoms with E-state index in [1.165, 1.54) is 5.56 Å². The molecule has 1 atom stereocenters. The van der Waals surface area contributed by atoms with Crippen molar-refractivity contribution in [1.29, 1.82) is 0 Å². The van der Waals surface area contributed by atoms with E-state index in [4.69, 9.17) is 4.74 Å². The number of aliphatic hydroxyl groups excluding tert-OH is 1. The van der Waals surface area contributed by atoms with E-state index in [9.17, 15) is 5.11 Å². The SMILES string of the molecule is CC1(C)CC(CO)(NCc2ccccc2)CO1. The molecule has 1 fully saturated rings. The molecule has 0 spiro atoms. The molecule has 1 aliphatic heterocycles. The molecule has 0 bridgehead atoms. The molecule has 0 amide bonds. The van der Waals surface area contributed by atoms with E-state index in [1.807, 2.05) is 18.2 Å². The standard InChI is InChI=1S/C14H21NO2/c1-13(2)9-14(10-16,11-17-13)15-8-12-6-4-3-5-7-12/h3-7,15-16H,8-11H2,1-2H3. The molecule has 1 aliphatic rings. The molecule has 3 heteroatoms. The Morgan fingerprint density at radius 1 is 1.29 bits per heavy atom. The van der Waals surface area contributed by atoms with Crippen molar-refractivity contribution in [2.75, 3.05) is 13.2 Å². The molecule has 94 valence electrons. The molecule has 0 aromatic heterocycles. The van der Waals surface area contributed by atoms with Crippen molar-refractivity contribution in [3.63, 3.8) is 0 Å². The predicted molar refractivity (Wildman–Crippen MR) is 67.7 cm³/mol. The van der Waals surface area contributed by atoms with Crippen LogP contribution in [-0.4, -0.2) is 29.5 Å². The highest BCUT2D eigenvalue weighted by atomic mass is 16.5. The van der Waals surface area contributed by atoms with Gasteiger partial charge in [0.2, 0.25) is 0 Å². The molecule has 2 N–H and O–H groups in total. The van der Waals surface area contributed by atoms with Gasteiger partial charge in [-0.1, -0.05) is 30.3 Å². The minimum atomic E-state index is -0.292. The summed E-state index contributed by atoms with van der Waals surface area (Å²) in [5.74, 6) is 0. The summed E-state index contributed by atoms with van der Waals surface area (Å²) in [6.45, 7) is 5.58. The first-order valence-electron chi connectivity index (χ1n) is 6.09. The van der Waals surface area contributed by atoms with Crippen LogP contribution in [0.4, 0.5) is 0 Å². The summed E-state index contributed by atoms with van der Waals surface area (Å²) in [6.07, 6.45) is 0.837. The van der Waals surface area contributed by atoms with E-state index in [0.29, 0.717) is 6.61 Å². The monoisotopic (exact) mass is 235 g/mol. The number of hydrogen-bond donors (Lipinski definition) is 2. The van der Waals surface area contributed by atoms with Gasteiger partial charge in [-0.05, 0) is 25.8 Å². The number of rotatable bonds is 4. The topological polar surface area (TPSA) is 41.5 Å². The molecule has 3 nitrogen and oxygen atoms in total. The van der Waals surface area contributed by atoms with Crippen molar-refractivity contribution in [2.45, 2.75) is 38.0 Å². The number of nitrogens with one attached hydrogen (secondary N) is 1. The largest absolute Gasteiger partial charge is 0.394 e. The third-order valence-corrected chi connectivity index (χ3v) is 3.32. The van der Waals surface area contributed by atoms with Crippen LogP contribution in [0.3, 0.4) is 0 Å². The van der Waals surface area contributed by atoms with Crippen LogP contribution < -0.4 is 5.32 Å². The average molecular weight is 235 g/mol. The summed E-state index contributed by atoms with van der Waals surface area (Å²) in [6, 6.07) is 10.2. The van der Waals surface area contributed by atoms with Gasteiger partial charge in [-0.3, -0.25) is 0 Å². The van der Waals surface area contributed by atoms with Crippen LogP contribution in [0.25, 0.3) is 0 Å². The second-order valence-corrected chi connectivity index (χ2v) is 5.50. The lowest BCUT2D eigenvalue weighted by atomic mass is 9.91. The Kier molecular flexibility index (Phi) is 3.52. The summed E-state index contributed by atoms with van der Waals surface area (Å²) in [5.41, 5.74) is 0.788. The fraction of sp³-hybridized carbons (Fsp3) is 0.571. The molecule has 1 saturated heterocycles. The van der Waals surface area contributed by atoms with Crippen molar-refractivity contribution in [3.8, 4) is 0 Å². The lowest BCUT2D eigenvalue weighted by molar-refractivity contribution is 0.0304. The summed E-state index contributed by atoms with van der Waals surface area (Å²) in [5, 5.41) is 13.0. The van der Waals surface area contributed by atoms with Crippen LogP contribution in [0, 0.1) is 0 Å². The number of aliphatic hydroxyl groups is 1. The number of benzene rings is 1. The van der Waals surface area contributed by atoms with Crippen LogP contribution in [0.5, 0.6) is 0 Å². The molecule has 1 aromatic rings. The Bertz CT molecular complexity index is 364. The Labute approximate surface area is 103 Å². The zero-order chi connectivity index (χ0) is 12.4. The van der Waals surface area contributed by atoms with Crippen LogP contribution >= 0.6 is 0 Å². The smallest absolute Gasteiger partial charge is 0.0681 e. The minimum absolute atomic E-state index is 0.114. The van der Waals surface area contributed by atoms with Gasteiger partial charge in [0.25, 0.3) is 0 Å². The van der Waals surface area contributed by atoms with Crippen molar-refractivity contribution in [2.24, 2.45) is 0 Å². The van der Waals surface area contributed by atoms with Gasteiger partial charge < -0.3 is 15.2 Å². The first-order valence-corrected chi connectivity index (χ1v) is 6.09. The molecule has 2 rings (SSSR count). The Morgan fingerprint density at radius 3 is 2.53 bits per heavy atom. The summed E-state index contributed by atoms with van der Waals surface area (Å²) < 4.78 is 5.71.